The lowest BCUT2D eigenvalue weighted by molar-refractivity contribution is -0.142. The third-order valence-corrected chi connectivity index (χ3v) is 14.0. The van der Waals surface area contributed by atoms with Crippen molar-refractivity contribution < 1.29 is 57.8 Å². The fraction of sp³-hybridized carbons (Fsp3) is 0.581. The summed E-state index contributed by atoms with van der Waals surface area (Å²) in [4.78, 5) is 152. The van der Waals surface area contributed by atoms with Gasteiger partial charge in [-0.3, -0.25) is 57.7 Å². The molecule has 0 saturated carbocycles. The number of benzene rings is 1. The standard InChI is InChI=1S/C43H67N15O12S2/c1-3-21(2)34-41(69)53-26(12-13-31(45)60)37(65)55-28(17-32(46)61)38(66)56-29(20-72-71-19-24(44)35(63)54-27(39(67)57-34)16-22-8-10-23(59)11-9-22)42(70)58-15-5-7-30(58)40(68)52-25(6-4-14-50-43(48)49)36(64)51-18-33(47)62/h8-11,21,24-30,34,59H,3-7,12-20,44H2,1-2H3,(H2,45,60)(H2,46,61)(H2,47,62)(H,51,64)(H,52,68)(H,53,69)(H,54,63)(H,55,65)(H,56,66)(H,57,67)(H4,48,49,50)/t21-,24+,25-,26-,27-,28-,29+,30+,34-/m0/s1. The summed E-state index contributed by atoms with van der Waals surface area (Å²) in [7, 11) is 2.00. The smallest absolute Gasteiger partial charge is 0.246 e. The maximum Gasteiger partial charge on any atom is 0.246 e. The number of phenolic OH excluding ortho intramolecular Hbond substituents is 1. The van der Waals surface area contributed by atoms with Crippen LogP contribution < -0.4 is 71.6 Å². The van der Waals surface area contributed by atoms with Gasteiger partial charge in [-0.05, 0) is 55.7 Å². The number of carbonyl (C=O) groups is 11. The van der Waals surface area contributed by atoms with Gasteiger partial charge in [-0.1, -0.05) is 54.0 Å². The molecule has 0 aliphatic carbocycles. The van der Waals surface area contributed by atoms with Gasteiger partial charge in [-0.25, -0.2) is 0 Å². The fourth-order valence-corrected chi connectivity index (χ4v) is 9.69. The van der Waals surface area contributed by atoms with Crippen LogP contribution in [-0.2, 0) is 59.2 Å². The van der Waals surface area contributed by atoms with E-state index in [0.717, 1.165) is 21.6 Å². The highest BCUT2D eigenvalue weighted by Crippen LogP contribution is 2.26. The van der Waals surface area contributed by atoms with E-state index >= 15 is 0 Å². The molecule has 0 radical (unpaired) electrons. The van der Waals surface area contributed by atoms with E-state index in [1.807, 2.05) is 0 Å². The van der Waals surface area contributed by atoms with Crippen LogP contribution in [0.15, 0.2) is 29.3 Å². The Bertz CT molecular complexity index is 2170. The number of nitrogens with one attached hydrogen (secondary N) is 7. The predicted octanol–water partition coefficient (Wildman–Crippen LogP) is -5.60. The normalized spacial score (nSPS) is 23.6. The minimum absolute atomic E-state index is 0.00520. The molecule has 3 rings (SSSR count). The van der Waals surface area contributed by atoms with Crippen LogP contribution in [0.2, 0.25) is 0 Å². The van der Waals surface area contributed by atoms with Crippen LogP contribution in [0, 0.1) is 5.92 Å². The highest BCUT2D eigenvalue weighted by Gasteiger charge is 2.41. The molecule has 0 bridgehead atoms. The number of likely N-dealkylation sites (tertiary alicyclic amines) is 1. The van der Waals surface area contributed by atoms with Gasteiger partial charge in [0, 0.05) is 37.4 Å². The molecule has 0 unspecified atom stereocenters. The summed E-state index contributed by atoms with van der Waals surface area (Å²) in [6, 6.07) is -5.40. The van der Waals surface area contributed by atoms with Crippen molar-refractivity contribution in [2.24, 2.45) is 45.3 Å². The van der Waals surface area contributed by atoms with E-state index < -0.39 is 145 Å². The van der Waals surface area contributed by atoms with E-state index in [0.29, 0.717) is 18.4 Å². The number of primary amides is 3. The van der Waals surface area contributed by atoms with Crippen molar-refractivity contribution in [2.45, 2.75) is 120 Å². The van der Waals surface area contributed by atoms with Gasteiger partial charge < -0.3 is 81.6 Å². The molecule has 27 nitrogen and oxygen atoms in total. The van der Waals surface area contributed by atoms with E-state index in [1.54, 1.807) is 13.8 Å². The summed E-state index contributed by atoms with van der Waals surface area (Å²) in [6.45, 7) is 2.95. The lowest BCUT2D eigenvalue weighted by atomic mass is 9.96. The van der Waals surface area contributed by atoms with E-state index in [-0.39, 0.29) is 62.0 Å². The number of hydrogen-bond donors (Lipinski definition) is 14. The Morgan fingerprint density at radius 1 is 0.806 bits per heavy atom. The number of aliphatic imine (C=N–C) groups is 1. The first-order chi connectivity index (χ1) is 34.0. The van der Waals surface area contributed by atoms with E-state index in [9.17, 15) is 57.8 Å². The number of aromatic hydroxyl groups is 1. The first kappa shape index (κ1) is 59.4. The average molecular weight is 1050 g/mol. The molecule has 2 heterocycles. The Balaban J connectivity index is 2.04. The van der Waals surface area contributed by atoms with Crippen LogP contribution in [-0.4, -0.2) is 160 Å². The molecule has 11 amide bonds. The van der Waals surface area contributed by atoms with Gasteiger partial charge in [0.15, 0.2) is 5.96 Å². The topological polar surface area (TPSA) is 464 Å². The lowest BCUT2D eigenvalue weighted by Crippen LogP contribution is -2.61. The summed E-state index contributed by atoms with van der Waals surface area (Å²) in [6.07, 6.45) is -0.813. The fourth-order valence-electron chi connectivity index (χ4n) is 7.41. The Labute approximate surface area is 423 Å². The Hall–Kier alpha value is -6.88. The minimum Gasteiger partial charge on any atom is -0.508 e. The molecule has 29 heteroatoms. The zero-order valence-electron chi connectivity index (χ0n) is 40.0. The van der Waals surface area contributed by atoms with Crippen LogP contribution in [0.25, 0.3) is 0 Å². The molecule has 1 aromatic rings. The van der Waals surface area contributed by atoms with Gasteiger partial charge in [0.1, 0.15) is 48.0 Å². The molecule has 398 valence electrons. The largest absolute Gasteiger partial charge is 0.508 e. The van der Waals surface area contributed by atoms with E-state index in [4.69, 9.17) is 34.4 Å². The molecule has 2 aliphatic heterocycles. The number of phenols is 1. The third-order valence-electron chi connectivity index (χ3n) is 11.5. The molecule has 2 aliphatic rings. The van der Waals surface area contributed by atoms with Crippen molar-refractivity contribution in [3.63, 3.8) is 0 Å². The van der Waals surface area contributed by atoms with Crippen molar-refractivity contribution in [3.05, 3.63) is 29.8 Å². The Morgan fingerprint density at radius 3 is 2.06 bits per heavy atom. The van der Waals surface area contributed by atoms with Gasteiger partial charge in [-0.15, -0.1) is 0 Å². The van der Waals surface area contributed by atoms with Crippen LogP contribution in [0.5, 0.6) is 5.75 Å². The average Bonchev–Trinajstić information content (AvgIpc) is 3.82. The monoisotopic (exact) mass is 1050 g/mol. The van der Waals surface area contributed by atoms with Crippen molar-refractivity contribution in [1.29, 1.82) is 0 Å². The first-order valence-corrected chi connectivity index (χ1v) is 25.6. The van der Waals surface area contributed by atoms with Crippen LogP contribution in [0.1, 0.15) is 70.8 Å². The van der Waals surface area contributed by atoms with Gasteiger partial charge in [0.05, 0.1) is 19.0 Å². The number of hydrogen-bond acceptors (Lipinski definition) is 16. The minimum atomic E-state index is -1.78. The summed E-state index contributed by atoms with van der Waals surface area (Å²) in [5.74, 6) is -10.9. The number of amides is 11. The number of guanidine groups is 1. The SMILES string of the molecule is CC[C@H](C)[C@@H]1NC(=O)[C@H](Cc2ccc(O)cc2)NC(=O)[C@H](N)CSSC[C@H](C(=O)N2CCC[C@@H]2C(=O)N[C@@H](CCCN=C(N)N)C(=O)NCC(N)=O)NC(=O)[C@H](CC(N)=O)NC(=O)[C@H](CCC(N)=O)NC1=O. The van der Waals surface area contributed by atoms with Gasteiger partial charge in [0.2, 0.25) is 65.0 Å². The summed E-state index contributed by atoms with van der Waals surface area (Å²) >= 11 is 0. The molecule has 20 N–H and O–H groups in total. The summed E-state index contributed by atoms with van der Waals surface area (Å²) in [5, 5.41) is 27.6. The number of rotatable bonds is 19. The Kier molecular flexibility index (Phi) is 24.3. The molecule has 9 atom stereocenters. The highest BCUT2D eigenvalue weighted by atomic mass is 33.1. The second-order valence-corrected chi connectivity index (χ2v) is 19.8. The zero-order chi connectivity index (χ0) is 53.7. The summed E-state index contributed by atoms with van der Waals surface area (Å²) < 4.78 is 0. The van der Waals surface area contributed by atoms with Crippen molar-refractivity contribution in [2.75, 3.05) is 31.1 Å². The predicted molar refractivity (Wildman–Crippen MR) is 265 cm³/mol. The van der Waals surface area contributed by atoms with Crippen molar-refractivity contribution in [3.8, 4) is 5.75 Å². The Morgan fingerprint density at radius 2 is 1.43 bits per heavy atom. The second kappa shape index (κ2) is 29.5. The maximum atomic E-state index is 14.5. The number of carbonyl (C=O) groups excluding carboxylic acids is 11. The van der Waals surface area contributed by atoms with Gasteiger partial charge in [0.25, 0.3) is 0 Å². The molecular weight excluding hydrogens is 983 g/mol. The number of nitrogens with two attached hydrogens (primary N) is 6. The summed E-state index contributed by atoms with van der Waals surface area (Å²) in [5.41, 5.74) is 33.7. The molecule has 1 aromatic carbocycles. The van der Waals surface area contributed by atoms with Gasteiger partial charge >= 0.3 is 0 Å². The maximum absolute atomic E-state index is 14.5. The molecule has 72 heavy (non-hydrogen) atoms. The van der Waals surface area contributed by atoms with Gasteiger partial charge in [-0.2, -0.15) is 0 Å². The third kappa shape index (κ3) is 19.7. The van der Waals surface area contributed by atoms with Crippen LogP contribution in [0.4, 0.5) is 0 Å². The first-order valence-electron chi connectivity index (χ1n) is 23.1. The highest BCUT2D eigenvalue weighted by molar-refractivity contribution is 8.76. The van der Waals surface area contributed by atoms with E-state index in [1.165, 1.54) is 29.2 Å². The molecule has 0 aromatic heterocycles. The lowest BCUT2D eigenvalue weighted by Gasteiger charge is -2.31. The zero-order valence-corrected chi connectivity index (χ0v) is 41.7. The quantitative estimate of drug-likeness (QED) is 0.0266. The van der Waals surface area contributed by atoms with E-state index in [2.05, 4.69) is 42.2 Å². The molecule has 2 fully saturated rings. The molecule has 0 spiro atoms. The van der Waals surface area contributed by atoms with Crippen LogP contribution >= 0.6 is 21.6 Å². The second-order valence-electron chi connectivity index (χ2n) is 17.2. The number of nitrogens with zero attached hydrogens (tertiary/aromatic N) is 2. The van der Waals surface area contributed by atoms with Crippen LogP contribution in [0.3, 0.4) is 0 Å². The van der Waals surface area contributed by atoms with Crippen molar-refractivity contribution in [1.82, 2.24) is 42.1 Å². The van der Waals surface area contributed by atoms with Crippen molar-refractivity contribution >= 4 is 92.5 Å². The molecular formula is C43H67N15O12S2. The molecule has 2 saturated heterocycles.